The molecule has 0 aromatic heterocycles. The van der Waals surface area contributed by atoms with Crippen molar-refractivity contribution in [3.63, 3.8) is 0 Å². The summed E-state index contributed by atoms with van der Waals surface area (Å²) in [5.41, 5.74) is 4.87. The molecular formula is C12H15NO4. The highest BCUT2D eigenvalue weighted by molar-refractivity contribution is 6.00. The number of hydrogen-bond donors (Lipinski definition) is 2. The molecule has 0 aliphatic carbocycles. The maximum atomic E-state index is 11.6. The minimum atomic E-state index is -0.887. The van der Waals surface area contributed by atoms with Crippen LogP contribution in [0.2, 0.25) is 0 Å². The normalized spacial score (nSPS) is 11.0. The van der Waals surface area contributed by atoms with Crippen LogP contribution in [0.4, 0.5) is 5.69 Å². The molecule has 92 valence electrons. The molecule has 0 saturated heterocycles. The van der Waals surface area contributed by atoms with Crippen LogP contribution in [0.15, 0.2) is 18.2 Å². The molecule has 3 N–H and O–H groups in total. The molecule has 17 heavy (non-hydrogen) atoms. The number of benzene rings is 1. The fourth-order valence-corrected chi connectivity index (χ4v) is 1.01. The highest BCUT2D eigenvalue weighted by Gasteiger charge is 2.27. The summed E-state index contributed by atoms with van der Waals surface area (Å²) >= 11 is 0. The van der Waals surface area contributed by atoms with Gasteiger partial charge in [0.15, 0.2) is 0 Å². The van der Waals surface area contributed by atoms with Crippen LogP contribution in [0, 0.1) is 5.41 Å². The Balaban J connectivity index is 2.88. The first-order valence-corrected chi connectivity index (χ1v) is 5.07. The number of nitrogen functional groups attached to an aromatic ring is 1. The van der Waals surface area contributed by atoms with Gasteiger partial charge in [-0.05, 0) is 32.9 Å². The molecule has 0 aliphatic rings. The van der Waals surface area contributed by atoms with Gasteiger partial charge in [0, 0.05) is 11.8 Å². The minimum absolute atomic E-state index is 0.0863. The molecule has 0 spiro atoms. The predicted molar refractivity (Wildman–Crippen MR) is 62.4 cm³/mol. The molecule has 5 heteroatoms. The Morgan fingerprint density at radius 1 is 1.29 bits per heavy atom. The predicted octanol–water partition coefficient (Wildman–Crippen LogP) is 1.70. The van der Waals surface area contributed by atoms with Crippen LogP contribution in [0.25, 0.3) is 0 Å². The molecule has 0 atom stereocenters. The van der Waals surface area contributed by atoms with Crippen LogP contribution in [0.1, 0.15) is 31.1 Å². The number of nitrogens with two attached hydrogens (primary N) is 1. The Labute approximate surface area is 99.2 Å². The smallest absolute Gasteiger partial charge is 0.349 e. The van der Waals surface area contributed by atoms with Gasteiger partial charge in [-0.1, -0.05) is 0 Å². The van der Waals surface area contributed by atoms with Gasteiger partial charge in [0.05, 0.1) is 5.41 Å². The lowest BCUT2D eigenvalue weighted by atomic mass is 9.97. The van der Waals surface area contributed by atoms with Gasteiger partial charge in [0.1, 0.15) is 11.3 Å². The second-order valence-corrected chi connectivity index (χ2v) is 4.70. The molecule has 1 rings (SSSR count). The molecule has 0 amide bonds. The first kappa shape index (κ1) is 13.0. The maximum absolute atomic E-state index is 11.6. The lowest BCUT2D eigenvalue weighted by Gasteiger charge is -2.15. The van der Waals surface area contributed by atoms with E-state index in [1.165, 1.54) is 18.2 Å². The maximum Gasteiger partial charge on any atom is 0.349 e. The highest BCUT2D eigenvalue weighted by Crippen LogP contribution is 2.22. The number of rotatable bonds is 1. The first-order chi connectivity index (χ1) is 7.71. The molecule has 0 fully saturated rings. The topological polar surface area (TPSA) is 89.6 Å². The average Bonchev–Trinajstić information content (AvgIpc) is 2.15. The van der Waals surface area contributed by atoms with Crippen molar-refractivity contribution in [3.8, 4) is 5.75 Å². The number of hydrogen-bond acceptors (Lipinski definition) is 5. The SMILES string of the molecule is CC(C)(C)C(=O)OC(=O)c1ccc(N)cc1O. The van der Waals surface area contributed by atoms with Gasteiger partial charge in [0.2, 0.25) is 0 Å². The molecule has 1 aromatic carbocycles. The highest BCUT2D eigenvalue weighted by atomic mass is 16.6. The van der Waals surface area contributed by atoms with Crippen molar-refractivity contribution in [1.29, 1.82) is 0 Å². The van der Waals surface area contributed by atoms with Crippen LogP contribution in [0.5, 0.6) is 5.75 Å². The van der Waals surface area contributed by atoms with Gasteiger partial charge in [-0.15, -0.1) is 0 Å². The number of aromatic hydroxyl groups is 1. The van der Waals surface area contributed by atoms with E-state index in [9.17, 15) is 14.7 Å². The Morgan fingerprint density at radius 2 is 1.88 bits per heavy atom. The third kappa shape index (κ3) is 3.21. The van der Waals surface area contributed by atoms with Crippen LogP contribution in [0.3, 0.4) is 0 Å². The Kier molecular flexibility index (Phi) is 3.41. The van der Waals surface area contributed by atoms with Crippen molar-refractivity contribution in [2.45, 2.75) is 20.8 Å². The van der Waals surface area contributed by atoms with E-state index in [1.54, 1.807) is 20.8 Å². The summed E-state index contributed by atoms with van der Waals surface area (Å²) < 4.78 is 4.64. The Bertz CT molecular complexity index is 460. The zero-order chi connectivity index (χ0) is 13.2. The molecule has 0 saturated carbocycles. The fraction of sp³-hybridized carbons (Fsp3) is 0.333. The van der Waals surface area contributed by atoms with Gasteiger partial charge >= 0.3 is 11.9 Å². The quantitative estimate of drug-likeness (QED) is 0.441. The van der Waals surface area contributed by atoms with E-state index in [1.807, 2.05) is 0 Å². The Morgan fingerprint density at radius 3 is 2.35 bits per heavy atom. The van der Waals surface area contributed by atoms with Gasteiger partial charge in [0.25, 0.3) is 0 Å². The second-order valence-electron chi connectivity index (χ2n) is 4.70. The summed E-state index contributed by atoms with van der Waals surface area (Å²) in [6.07, 6.45) is 0. The van der Waals surface area contributed by atoms with Crippen molar-refractivity contribution in [3.05, 3.63) is 23.8 Å². The molecular weight excluding hydrogens is 222 g/mol. The number of phenols is 1. The lowest BCUT2D eigenvalue weighted by molar-refractivity contribution is -0.146. The standard InChI is InChI=1S/C12H15NO4/c1-12(2,3)11(16)17-10(15)8-5-4-7(13)6-9(8)14/h4-6,14H,13H2,1-3H3. The van der Waals surface area contributed by atoms with E-state index >= 15 is 0 Å². The van der Waals surface area contributed by atoms with Crippen molar-refractivity contribution in [1.82, 2.24) is 0 Å². The van der Waals surface area contributed by atoms with E-state index in [-0.39, 0.29) is 11.3 Å². The van der Waals surface area contributed by atoms with E-state index < -0.39 is 17.4 Å². The number of phenolic OH excluding ortho intramolecular Hbond substituents is 1. The zero-order valence-corrected chi connectivity index (χ0v) is 9.98. The minimum Gasteiger partial charge on any atom is -0.507 e. The summed E-state index contributed by atoms with van der Waals surface area (Å²) in [6, 6.07) is 3.97. The van der Waals surface area contributed by atoms with Crippen molar-refractivity contribution in [2.75, 3.05) is 5.73 Å². The van der Waals surface area contributed by atoms with E-state index in [0.717, 1.165) is 0 Å². The van der Waals surface area contributed by atoms with Gasteiger partial charge in [-0.3, -0.25) is 4.79 Å². The van der Waals surface area contributed by atoms with Crippen molar-refractivity contribution in [2.24, 2.45) is 5.41 Å². The molecule has 0 radical (unpaired) electrons. The lowest BCUT2D eigenvalue weighted by Crippen LogP contribution is -2.25. The van der Waals surface area contributed by atoms with Crippen LogP contribution in [-0.4, -0.2) is 17.0 Å². The third-order valence-corrected chi connectivity index (χ3v) is 2.04. The number of anilines is 1. The van der Waals surface area contributed by atoms with Crippen molar-refractivity contribution < 1.29 is 19.4 Å². The van der Waals surface area contributed by atoms with Gasteiger partial charge < -0.3 is 15.6 Å². The average molecular weight is 237 g/mol. The van der Waals surface area contributed by atoms with E-state index in [4.69, 9.17) is 5.73 Å². The summed E-state index contributed by atoms with van der Waals surface area (Å²) in [5, 5.41) is 9.49. The second kappa shape index (κ2) is 4.45. The molecule has 0 unspecified atom stereocenters. The van der Waals surface area contributed by atoms with E-state index in [0.29, 0.717) is 5.69 Å². The molecule has 0 heterocycles. The van der Waals surface area contributed by atoms with Crippen LogP contribution < -0.4 is 5.73 Å². The van der Waals surface area contributed by atoms with E-state index in [2.05, 4.69) is 4.74 Å². The molecule has 1 aromatic rings. The number of carbonyl (C=O) groups is 2. The monoisotopic (exact) mass is 237 g/mol. The number of ether oxygens (including phenoxy) is 1. The van der Waals surface area contributed by atoms with Crippen LogP contribution >= 0.6 is 0 Å². The fourth-order valence-electron chi connectivity index (χ4n) is 1.01. The largest absolute Gasteiger partial charge is 0.507 e. The Hall–Kier alpha value is -2.04. The molecule has 0 aliphatic heterocycles. The summed E-state index contributed by atoms with van der Waals surface area (Å²) in [7, 11) is 0. The summed E-state index contributed by atoms with van der Waals surface area (Å²) in [4.78, 5) is 23.1. The van der Waals surface area contributed by atoms with Gasteiger partial charge in [-0.25, -0.2) is 4.79 Å². The summed E-state index contributed by atoms with van der Waals surface area (Å²) in [6.45, 7) is 4.89. The zero-order valence-electron chi connectivity index (χ0n) is 9.98. The number of esters is 2. The third-order valence-electron chi connectivity index (χ3n) is 2.04. The first-order valence-electron chi connectivity index (χ1n) is 5.07. The van der Waals surface area contributed by atoms with Crippen molar-refractivity contribution >= 4 is 17.6 Å². The van der Waals surface area contributed by atoms with Gasteiger partial charge in [-0.2, -0.15) is 0 Å². The molecule has 0 bridgehead atoms. The van der Waals surface area contributed by atoms with Crippen LogP contribution in [-0.2, 0) is 9.53 Å². The summed E-state index contributed by atoms with van der Waals surface area (Å²) in [5.74, 6) is -1.85. The molecule has 5 nitrogen and oxygen atoms in total. The number of carbonyl (C=O) groups excluding carboxylic acids is 2.